The van der Waals surface area contributed by atoms with Crippen LogP contribution in [0.3, 0.4) is 0 Å². The lowest BCUT2D eigenvalue weighted by atomic mass is 10.2. The maximum atomic E-state index is 9.57. The summed E-state index contributed by atoms with van der Waals surface area (Å²) in [5, 5.41) is 18.8. The van der Waals surface area contributed by atoms with E-state index in [4.69, 9.17) is 5.73 Å². The van der Waals surface area contributed by atoms with Crippen LogP contribution in [0.2, 0.25) is 0 Å². The number of hydrogen-bond acceptors (Lipinski definition) is 4. The molecule has 3 N–H and O–H groups in total. The summed E-state index contributed by atoms with van der Waals surface area (Å²) in [6, 6.07) is 9.13. The first-order chi connectivity index (χ1) is 8.29. The van der Waals surface area contributed by atoms with E-state index in [1.54, 1.807) is 12.1 Å². The minimum absolute atomic E-state index is 0.234. The molecule has 1 aromatic carbocycles. The predicted molar refractivity (Wildman–Crippen MR) is 64.9 cm³/mol. The molecule has 0 aliphatic rings. The van der Waals surface area contributed by atoms with Crippen molar-refractivity contribution in [1.82, 2.24) is 14.6 Å². The molecule has 2 aromatic heterocycles. The normalized spacial score (nSPS) is 11.4. The van der Waals surface area contributed by atoms with Gasteiger partial charge >= 0.3 is 0 Å². The second-order valence-electron chi connectivity index (χ2n) is 3.92. The van der Waals surface area contributed by atoms with Crippen molar-refractivity contribution in [2.45, 2.75) is 6.42 Å². The number of benzene rings is 1. The molecule has 0 fully saturated rings. The number of rotatable bonds is 2. The van der Waals surface area contributed by atoms with Crippen LogP contribution in [-0.4, -0.2) is 26.2 Å². The summed E-state index contributed by atoms with van der Waals surface area (Å²) in [5.41, 5.74) is 7.22. The fourth-order valence-electron chi connectivity index (χ4n) is 2.02. The second-order valence-corrected chi connectivity index (χ2v) is 3.92. The summed E-state index contributed by atoms with van der Waals surface area (Å²) in [6.07, 6.45) is 0.663. The van der Waals surface area contributed by atoms with E-state index in [1.807, 2.05) is 22.6 Å². The molecule has 3 aromatic rings. The van der Waals surface area contributed by atoms with Crippen LogP contribution in [-0.2, 0) is 6.42 Å². The summed E-state index contributed by atoms with van der Waals surface area (Å²) in [4.78, 5) is 0. The predicted octanol–water partition coefficient (Wildman–Crippen LogP) is 1.09. The molecule has 3 rings (SSSR count). The molecule has 17 heavy (non-hydrogen) atoms. The molecule has 0 aliphatic carbocycles. The Balaban J connectivity index is 2.42. The zero-order valence-corrected chi connectivity index (χ0v) is 9.17. The Bertz CT molecular complexity index is 689. The lowest BCUT2D eigenvalue weighted by Crippen LogP contribution is -2.06. The van der Waals surface area contributed by atoms with E-state index in [0.29, 0.717) is 13.0 Å². The summed E-state index contributed by atoms with van der Waals surface area (Å²) in [6.45, 7) is 0.524. The molecule has 0 spiro atoms. The van der Waals surface area contributed by atoms with Crippen molar-refractivity contribution in [3.8, 4) is 5.75 Å². The van der Waals surface area contributed by atoms with E-state index >= 15 is 0 Å². The van der Waals surface area contributed by atoms with E-state index < -0.39 is 0 Å². The number of aromatic nitrogens is 3. The zero-order valence-electron chi connectivity index (χ0n) is 9.17. The van der Waals surface area contributed by atoms with Gasteiger partial charge in [0.1, 0.15) is 11.6 Å². The first-order valence-electron chi connectivity index (χ1n) is 5.45. The van der Waals surface area contributed by atoms with Gasteiger partial charge in [0.05, 0.1) is 5.52 Å². The molecule has 0 saturated heterocycles. The molecule has 0 amide bonds. The molecule has 5 nitrogen and oxygen atoms in total. The average Bonchev–Trinajstić information content (AvgIpc) is 2.73. The molecule has 86 valence electrons. The molecule has 0 radical (unpaired) electrons. The molecule has 5 heteroatoms. The Hall–Kier alpha value is -2.14. The van der Waals surface area contributed by atoms with Crippen molar-refractivity contribution < 1.29 is 5.11 Å². The third-order valence-electron chi connectivity index (χ3n) is 2.79. The molecular weight excluding hydrogens is 216 g/mol. The quantitative estimate of drug-likeness (QED) is 0.688. The van der Waals surface area contributed by atoms with Crippen LogP contribution >= 0.6 is 0 Å². The van der Waals surface area contributed by atoms with E-state index in [-0.39, 0.29) is 5.75 Å². The van der Waals surface area contributed by atoms with Gasteiger partial charge in [0.15, 0.2) is 5.65 Å². The lowest BCUT2D eigenvalue weighted by molar-refractivity contribution is 0.476. The van der Waals surface area contributed by atoms with Crippen LogP contribution in [0, 0.1) is 0 Å². The first-order valence-corrected chi connectivity index (χ1v) is 5.45. The van der Waals surface area contributed by atoms with Gasteiger partial charge in [-0.1, -0.05) is 0 Å². The minimum Gasteiger partial charge on any atom is -0.508 e. The number of nitrogens with two attached hydrogens (primary N) is 1. The Morgan fingerprint density at radius 3 is 2.82 bits per heavy atom. The molecule has 2 heterocycles. The van der Waals surface area contributed by atoms with Gasteiger partial charge in [-0.2, -0.15) is 0 Å². The van der Waals surface area contributed by atoms with Gasteiger partial charge < -0.3 is 10.8 Å². The van der Waals surface area contributed by atoms with Crippen LogP contribution < -0.4 is 5.73 Å². The van der Waals surface area contributed by atoms with Crippen molar-refractivity contribution in [1.29, 1.82) is 0 Å². The number of pyridine rings is 1. The van der Waals surface area contributed by atoms with Crippen LogP contribution in [0.25, 0.3) is 16.6 Å². The van der Waals surface area contributed by atoms with Crippen molar-refractivity contribution >= 4 is 16.6 Å². The lowest BCUT2D eigenvalue weighted by Gasteiger charge is -2.04. The average molecular weight is 228 g/mol. The first kappa shape index (κ1) is 10.0. The number of aromatic hydroxyl groups is 1. The Morgan fingerprint density at radius 1 is 1.18 bits per heavy atom. The maximum absolute atomic E-state index is 9.57. The van der Waals surface area contributed by atoms with Crippen molar-refractivity contribution in [2.24, 2.45) is 5.73 Å². The number of phenolic OH excluding ortho intramolecular Hbond substituents is 1. The maximum Gasteiger partial charge on any atom is 0.161 e. The summed E-state index contributed by atoms with van der Waals surface area (Å²) in [7, 11) is 0. The van der Waals surface area contributed by atoms with Crippen LogP contribution in [0.1, 0.15) is 5.82 Å². The summed E-state index contributed by atoms with van der Waals surface area (Å²) >= 11 is 0. The fraction of sp³-hybridized carbons (Fsp3) is 0.167. The Labute approximate surface area is 97.5 Å². The van der Waals surface area contributed by atoms with Gasteiger partial charge in [-0.3, -0.25) is 4.40 Å². The Kier molecular flexibility index (Phi) is 2.19. The highest BCUT2D eigenvalue weighted by Gasteiger charge is 2.08. The number of nitrogens with zero attached hydrogens (tertiary/aromatic N) is 3. The highest BCUT2D eigenvalue weighted by molar-refractivity contribution is 5.83. The third-order valence-corrected chi connectivity index (χ3v) is 2.79. The van der Waals surface area contributed by atoms with E-state index in [9.17, 15) is 5.11 Å². The number of fused-ring (bicyclic) bond motifs is 3. The monoisotopic (exact) mass is 228 g/mol. The molecule has 0 unspecified atom stereocenters. The SMILES string of the molecule is NCCc1nnc2ccc3ccc(O)cc3n12. The smallest absolute Gasteiger partial charge is 0.161 e. The Morgan fingerprint density at radius 2 is 2.00 bits per heavy atom. The summed E-state index contributed by atoms with van der Waals surface area (Å²) < 4.78 is 1.93. The molecule has 0 atom stereocenters. The number of phenols is 1. The van der Waals surface area contributed by atoms with E-state index in [2.05, 4.69) is 10.2 Å². The highest BCUT2D eigenvalue weighted by Crippen LogP contribution is 2.22. The van der Waals surface area contributed by atoms with Gasteiger partial charge in [0.25, 0.3) is 0 Å². The number of hydrogen-bond donors (Lipinski definition) is 2. The van der Waals surface area contributed by atoms with Gasteiger partial charge in [-0.15, -0.1) is 10.2 Å². The molecular formula is C12H12N4O. The van der Waals surface area contributed by atoms with Gasteiger partial charge in [-0.25, -0.2) is 0 Å². The van der Waals surface area contributed by atoms with Crippen molar-refractivity contribution in [3.05, 3.63) is 36.2 Å². The topological polar surface area (TPSA) is 76.4 Å². The van der Waals surface area contributed by atoms with E-state index in [0.717, 1.165) is 22.4 Å². The third kappa shape index (κ3) is 1.52. The van der Waals surface area contributed by atoms with Crippen molar-refractivity contribution in [3.63, 3.8) is 0 Å². The van der Waals surface area contributed by atoms with Crippen molar-refractivity contribution in [2.75, 3.05) is 6.54 Å². The fourth-order valence-corrected chi connectivity index (χ4v) is 2.02. The van der Waals surface area contributed by atoms with Gasteiger partial charge in [0, 0.05) is 12.5 Å². The summed E-state index contributed by atoms with van der Waals surface area (Å²) in [5.74, 6) is 1.05. The van der Waals surface area contributed by atoms with Gasteiger partial charge in [0.2, 0.25) is 0 Å². The van der Waals surface area contributed by atoms with Gasteiger partial charge in [-0.05, 0) is 36.2 Å². The largest absolute Gasteiger partial charge is 0.508 e. The molecule has 0 bridgehead atoms. The van der Waals surface area contributed by atoms with Crippen LogP contribution in [0.4, 0.5) is 0 Å². The molecule has 0 aliphatic heterocycles. The van der Waals surface area contributed by atoms with Crippen LogP contribution in [0.5, 0.6) is 5.75 Å². The second kappa shape index (κ2) is 3.71. The highest BCUT2D eigenvalue weighted by atomic mass is 16.3. The van der Waals surface area contributed by atoms with E-state index in [1.165, 1.54) is 0 Å². The van der Waals surface area contributed by atoms with Crippen LogP contribution in [0.15, 0.2) is 30.3 Å². The zero-order chi connectivity index (χ0) is 11.8. The minimum atomic E-state index is 0.234. The standard InChI is InChI=1S/C12H12N4O/c13-6-5-12-15-14-11-4-2-8-1-3-9(17)7-10(8)16(11)12/h1-4,7,17H,5-6,13H2. The molecule has 0 saturated carbocycles.